The summed E-state index contributed by atoms with van der Waals surface area (Å²) in [4.78, 5) is 24.9. The van der Waals surface area contributed by atoms with Crippen molar-refractivity contribution in [3.05, 3.63) is 0 Å². The van der Waals surface area contributed by atoms with Crippen LogP contribution in [0.4, 0.5) is 35.9 Å². The van der Waals surface area contributed by atoms with Crippen molar-refractivity contribution in [3.8, 4) is 0 Å². The van der Waals surface area contributed by atoms with Crippen molar-refractivity contribution in [2.24, 2.45) is 40.9 Å². The van der Waals surface area contributed by atoms with Crippen molar-refractivity contribution in [2.45, 2.75) is 148 Å². The summed E-state index contributed by atoms with van der Waals surface area (Å²) >= 11 is 0. The maximum atomic E-state index is 14.7. The number of fused-ring (bicyclic) bond motifs is 5. The summed E-state index contributed by atoms with van der Waals surface area (Å²) < 4.78 is 108. The molecule has 0 radical (unpaired) electrons. The molecule has 0 heterocycles. The summed E-state index contributed by atoms with van der Waals surface area (Å²) in [5, 5.41) is 0. The van der Waals surface area contributed by atoms with E-state index in [0.717, 1.165) is 6.92 Å². The molecular formula is C32H48F6O6. The van der Waals surface area contributed by atoms with Gasteiger partial charge in [-0.25, -0.2) is 9.59 Å². The zero-order valence-corrected chi connectivity index (χ0v) is 27.0. The quantitative estimate of drug-likeness (QED) is 0.226. The highest BCUT2D eigenvalue weighted by molar-refractivity contribution is 5.62. The molecule has 9 atom stereocenters. The molecule has 4 rings (SSSR count). The van der Waals surface area contributed by atoms with Gasteiger partial charge in [-0.1, -0.05) is 6.92 Å². The summed E-state index contributed by atoms with van der Waals surface area (Å²) in [6.07, 6.45) is -9.96. The summed E-state index contributed by atoms with van der Waals surface area (Å²) in [6, 6.07) is 0. The molecule has 9 unspecified atom stereocenters. The fourth-order valence-corrected chi connectivity index (χ4v) is 9.38. The van der Waals surface area contributed by atoms with Crippen LogP contribution in [-0.2, 0) is 18.9 Å². The normalized spacial score (nSPS) is 37.5. The van der Waals surface area contributed by atoms with Crippen LogP contribution in [0.15, 0.2) is 0 Å². The first-order valence-electron chi connectivity index (χ1n) is 15.8. The van der Waals surface area contributed by atoms with E-state index in [1.54, 1.807) is 41.5 Å². The first-order valence-corrected chi connectivity index (χ1v) is 15.8. The molecule has 0 aromatic carbocycles. The SMILES string of the molecule is CC(C)(C)OC(=O)OC1(C(F)(F)F)CCC2C(CCC3C2CCC2(C)C3CCC2C(C)(OC(=O)OC(C)(C)C)C(F)(F)F)C1. The topological polar surface area (TPSA) is 71.1 Å². The van der Waals surface area contributed by atoms with Crippen molar-refractivity contribution < 1.29 is 54.9 Å². The Morgan fingerprint density at radius 2 is 1.23 bits per heavy atom. The fraction of sp³-hybridized carbons (Fsp3) is 0.938. The molecule has 44 heavy (non-hydrogen) atoms. The van der Waals surface area contributed by atoms with Gasteiger partial charge in [0, 0.05) is 5.92 Å². The highest BCUT2D eigenvalue weighted by Crippen LogP contribution is 2.68. The van der Waals surface area contributed by atoms with Gasteiger partial charge in [-0.3, -0.25) is 0 Å². The molecule has 0 bridgehead atoms. The number of alkyl halides is 6. The molecule has 254 valence electrons. The monoisotopic (exact) mass is 642 g/mol. The molecule has 4 aliphatic rings. The van der Waals surface area contributed by atoms with Gasteiger partial charge in [-0.15, -0.1) is 0 Å². The van der Waals surface area contributed by atoms with Gasteiger partial charge in [0.15, 0.2) is 0 Å². The van der Waals surface area contributed by atoms with E-state index in [1.807, 2.05) is 6.92 Å². The van der Waals surface area contributed by atoms with Crippen LogP contribution >= 0.6 is 0 Å². The number of ether oxygens (including phenoxy) is 4. The van der Waals surface area contributed by atoms with E-state index >= 15 is 0 Å². The molecule has 12 heteroatoms. The predicted octanol–water partition coefficient (Wildman–Crippen LogP) is 9.78. The fourth-order valence-electron chi connectivity index (χ4n) is 9.38. The summed E-state index contributed by atoms with van der Waals surface area (Å²) in [7, 11) is 0. The lowest BCUT2D eigenvalue weighted by molar-refractivity contribution is -0.293. The van der Waals surface area contributed by atoms with Crippen molar-refractivity contribution in [3.63, 3.8) is 0 Å². The molecular weight excluding hydrogens is 594 g/mol. The second-order valence-electron chi connectivity index (χ2n) is 16.1. The van der Waals surface area contributed by atoms with Crippen LogP contribution in [-0.4, -0.2) is 47.1 Å². The van der Waals surface area contributed by atoms with Crippen molar-refractivity contribution >= 4 is 12.3 Å². The largest absolute Gasteiger partial charge is 0.509 e. The highest BCUT2D eigenvalue weighted by Gasteiger charge is 2.70. The minimum Gasteiger partial charge on any atom is -0.429 e. The van der Waals surface area contributed by atoms with Crippen LogP contribution < -0.4 is 0 Å². The number of rotatable bonds is 3. The van der Waals surface area contributed by atoms with Gasteiger partial charge in [0.25, 0.3) is 0 Å². The average molecular weight is 643 g/mol. The van der Waals surface area contributed by atoms with Gasteiger partial charge in [0.1, 0.15) is 11.2 Å². The van der Waals surface area contributed by atoms with Crippen molar-refractivity contribution in [1.82, 2.24) is 0 Å². The van der Waals surface area contributed by atoms with Crippen LogP contribution in [0.1, 0.15) is 113 Å². The Kier molecular flexibility index (Phi) is 8.85. The lowest BCUT2D eigenvalue weighted by atomic mass is 9.48. The van der Waals surface area contributed by atoms with Gasteiger partial charge in [-0.05, 0) is 141 Å². The highest BCUT2D eigenvalue weighted by atomic mass is 19.4. The lowest BCUT2D eigenvalue weighted by Crippen LogP contribution is -2.59. The summed E-state index contributed by atoms with van der Waals surface area (Å²) in [5.41, 5.74) is -8.18. The lowest BCUT2D eigenvalue weighted by Gasteiger charge is -2.58. The van der Waals surface area contributed by atoms with Crippen LogP contribution in [0, 0.1) is 40.9 Å². The van der Waals surface area contributed by atoms with Gasteiger partial charge < -0.3 is 18.9 Å². The molecule has 0 aromatic heterocycles. The Morgan fingerprint density at radius 1 is 0.659 bits per heavy atom. The average Bonchev–Trinajstić information content (AvgIpc) is 3.17. The minimum absolute atomic E-state index is 0.0397. The zero-order valence-electron chi connectivity index (χ0n) is 27.0. The third-order valence-corrected chi connectivity index (χ3v) is 11.1. The molecule has 4 fully saturated rings. The van der Waals surface area contributed by atoms with Crippen LogP contribution in [0.5, 0.6) is 0 Å². The van der Waals surface area contributed by atoms with Gasteiger partial charge in [0.05, 0.1) is 0 Å². The standard InChI is InChI=1S/C32H48F6O6/c1-26(2,3)41-24(39)43-29(8,31(33,34)35)23-12-11-22-21-10-9-18-17-30(32(36,37)38,44-25(40)42-27(4,5)6)16-14-19(18)20(21)13-15-28(22,23)7/h18-23H,9-17H2,1-8H3. The Labute approximate surface area is 256 Å². The molecule has 4 aliphatic carbocycles. The predicted molar refractivity (Wildman–Crippen MR) is 148 cm³/mol. The second kappa shape index (κ2) is 11.1. The van der Waals surface area contributed by atoms with E-state index in [0.29, 0.717) is 32.1 Å². The van der Waals surface area contributed by atoms with Crippen LogP contribution in [0.2, 0.25) is 0 Å². The number of halogens is 6. The zero-order chi connectivity index (χ0) is 33.3. The van der Waals surface area contributed by atoms with E-state index in [2.05, 4.69) is 0 Å². The number of carbonyl (C=O) groups is 2. The summed E-state index contributed by atoms with van der Waals surface area (Å²) in [6.45, 7) is 12.1. The van der Waals surface area contributed by atoms with Crippen molar-refractivity contribution in [1.29, 1.82) is 0 Å². The Bertz CT molecular complexity index is 1090. The van der Waals surface area contributed by atoms with Gasteiger partial charge >= 0.3 is 24.7 Å². The molecule has 0 amide bonds. The van der Waals surface area contributed by atoms with E-state index in [-0.39, 0.29) is 55.3 Å². The summed E-state index contributed by atoms with van der Waals surface area (Å²) in [5.74, 6) is -1.30. The van der Waals surface area contributed by atoms with E-state index < -0.39 is 58.4 Å². The molecule has 0 saturated heterocycles. The first-order chi connectivity index (χ1) is 19.8. The van der Waals surface area contributed by atoms with Crippen molar-refractivity contribution in [2.75, 3.05) is 0 Å². The Hall–Kier alpha value is -1.88. The first kappa shape index (κ1) is 35.0. The number of carbonyl (C=O) groups excluding carboxylic acids is 2. The molecule has 0 aromatic rings. The maximum absolute atomic E-state index is 14.7. The molecule has 0 aliphatic heterocycles. The van der Waals surface area contributed by atoms with E-state index in [1.165, 1.54) is 0 Å². The van der Waals surface area contributed by atoms with E-state index in [4.69, 9.17) is 18.9 Å². The Balaban J connectivity index is 1.53. The second-order valence-corrected chi connectivity index (χ2v) is 16.1. The van der Waals surface area contributed by atoms with Gasteiger partial charge in [0.2, 0.25) is 11.2 Å². The maximum Gasteiger partial charge on any atom is 0.509 e. The molecule has 4 saturated carbocycles. The third-order valence-electron chi connectivity index (χ3n) is 11.1. The van der Waals surface area contributed by atoms with Crippen LogP contribution in [0.25, 0.3) is 0 Å². The molecule has 0 N–H and O–H groups in total. The third kappa shape index (κ3) is 6.51. The molecule has 0 spiro atoms. The number of hydrogen-bond acceptors (Lipinski definition) is 6. The smallest absolute Gasteiger partial charge is 0.429 e. The van der Waals surface area contributed by atoms with Crippen LogP contribution in [0.3, 0.4) is 0 Å². The number of hydrogen-bond donors (Lipinski definition) is 0. The molecule has 6 nitrogen and oxygen atoms in total. The minimum atomic E-state index is -4.83. The van der Waals surface area contributed by atoms with E-state index in [9.17, 15) is 35.9 Å². The van der Waals surface area contributed by atoms with Gasteiger partial charge in [-0.2, -0.15) is 26.3 Å². The Morgan fingerprint density at radius 3 is 1.77 bits per heavy atom.